The lowest BCUT2D eigenvalue weighted by molar-refractivity contribution is -0.124. The SMILES string of the molecule is CC1(C(=O)NS(=O)(=O)c2cc(Br)cs2)CC1F. The third kappa shape index (κ3) is 2.38. The Bertz CT molecular complexity index is 571. The third-order valence-corrected chi connectivity index (χ3v) is 6.22. The average Bonchev–Trinajstić information content (AvgIpc) is 2.63. The molecule has 1 amide bonds. The van der Waals surface area contributed by atoms with Gasteiger partial charge in [0.05, 0.1) is 5.41 Å². The molecule has 2 rings (SSSR count). The van der Waals surface area contributed by atoms with E-state index in [-0.39, 0.29) is 10.6 Å². The molecule has 94 valence electrons. The Morgan fingerprint density at radius 3 is 2.71 bits per heavy atom. The Morgan fingerprint density at radius 1 is 1.71 bits per heavy atom. The molecular formula is C9H9BrFNO3S2. The van der Waals surface area contributed by atoms with Crippen LogP contribution in [0.2, 0.25) is 0 Å². The standard InChI is InChI=1S/C9H9BrFNO3S2/c1-9(3-6(9)11)8(13)12-17(14,15)7-2-5(10)4-16-7/h2,4,6H,3H2,1H3,(H,12,13). The molecule has 1 aromatic rings. The molecule has 4 nitrogen and oxygen atoms in total. The lowest BCUT2D eigenvalue weighted by atomic mass is 10.1. The van der Waals surface area contributed by atoms with E-state index in [1.165, 1.54) is 13.0 Å². The zero-order valence-corrected chi connectivity index (χ0v) is 12.0. The summed E-state index contributed by atoms with van der Waals surface area (Å²) >= 11 is 4.11. The van der Waals surface area contributed by atoms with Gasteiger partial charge in [0, 0.05) is 9.85 Å². The number of carbonyl (C=O) groups is 1. The first-order chi connectivity index (χ1) is 7.75. The van der Waals surface area contributed by atoms with Crippen molar-refractivity contribution in [3.05, 3.63) is 15.9 Å². The van der Waals surface area contributed by atoms with Gasteiger partial charge in [0.15, 0.2) is 0 Å². The molecule has 2 unspecified atom stereocenters. The molecule has 17 heavy (non-hydrogen) atoms. The quantitative estimate of drug-likeness (QED) is 0.915. The molecule has 1 aliphatic carbocycles. The van der Waals surface area contributed by atoms with Gasteiger partial charge >= 0.3 is 0 Å². The Balaban J connectivity index is 2.16. The fourth-order valence-corrected chi connectivity index (χ4v) is 4.21. The molecule has 1 fully saturated rings. The fraction of sp³-hybridized carbons (Fsp3) is 0.444. The second-order valence-corrected chi connectivity index (χ2v) is 7.84. The Morgan fingerprint density at radius 2 is 2.29 bits per heavy atom. The van der Waals surface area contributed by atoms with Gasteiger partial charge < -0.3 is 0 Å². The van der Waals surface area contributed by atoms with Crippen LogP contribution in [-0.2, 0) is 14.8 Å². The lowest BCUT2D eigenvalue weighted by Gasteiger charge is -2.09. The normalized spacial score (nSPS) is 27.8. The van der Waals surface area contributed by atoms with Crippen molar-refractivity contribution >= 4 is 43.2 Å². The van der Waals surface area contributed by atoms with E-state index < -0.39 is 27.5 Å². The first-order valence-electron chi connectivity index (χ1n) is 4.71. The van der Waals surface area contributed by atoms with Crippen molar-refractivity contribution in [3.8, 4) is 0 Å². The van der Waals surface area contributed by atoms with Crippen LogP contribution in [0, 0.1) is 5.41 Å². The minimum absolute atomic E-state index is 0.0254. The van der Waals surface area contributed by atoms with Crippen LogP contribution in [0.15, 0.2) is 20.1 Å². The summed E-state index contributed by atoms with van der Waals surface area (Å²) in [6.45, 7) is 1.41. The zero-order valence-electron chi connectivity index (χ0n) is 8.74. The van der Waals surface area contributed by atoms with Crippen LogP contribution >= 0.6 is 27.3 Å². The number of nitrogens with one attached hydrogen (secondary N) is 1. The number of hydrogen-bond acceptors (Lipinski definition) is 4. The minimum atomic E-state index is -3.88. The number of halogens is 2. The van der Waals surface area contributed by atoms with Gasteiger partial charge in [0.25, 0.3) is 10.0 Å². The topological polar surface area (TPSA) is 63.2 Å². The molecule has 0 aliphatic heterocycles. The first kappa shape index (κ1) is 13.0. The predicted molar refractivity (Wildman–Crippen MR) is 65.0 cm³/mol. The number of amides is 1. The molecule has 0 radical (unpaired) electrons. The highest BCUT2D eigenvalue weighted by atomic mass is 79.9. The summed E-state index contributed by atoms with van der Waals surface area (Å²) in [6.07, 6.45) is -1.18. The van der Waals surface area contributed by atoms with Gasteiger partial charge in [-0.2, -0.15) is 0 Å². The van der Waals surface area contributed by atoms with Crippen LogP contribution in [0.3, 0.4) is 0 Å². The van der Waals surface area contributed by atoms with Crippen LogP contribution in [0.4, 0.5) is 4.39 Å². The lowest BCUT2D eigenvalue weighted by Crippen LogP contribution is -2.36. The highest BCUT2D eigenvalue weighted by Crippen LogP contribution is 2.48. The maximum Gasteiger partial charge on any atom is 0.273 e. The number of rotatable bonds is 3. The molecule has 1 aromatic heterocycles. The number of thiophene rings is 1. The number of carbonyl (C=O) groups excluding carboxylic acids is 1. The van der Waals surface area contributed by atoms with Crippen molar-refractivity contribution in [2.24, 2.45) is 5.41 Å². The molecule has 1 saturated carbocycles. The number of alkyl halides is 1. The van der Waals surface area contributed by atoms with Crippen molar-refractivity contribution < 1.29 is 17.6 Å². The second kappa shape index (κ2) is 4.03. The van der Waals surface area contributed by atoms with Gasteiger partial charge in [-0.3, -0.25) is 4.79 Å². The molecule has 2 atom stereocenters. The molecule has 1 heterocycles. The van der Waals surface area contributed by atoms with E-state index in [4.69, 9.17) is 0 Å². The largest absolute Gasteiger partial charge is 0.273 e. The monoisotopic (exact) mass is 341 g/mol. The Kier molecular flexibility index (Phi) is 3.07. The fourth-order valence-electron chi connectivity index (χ4n) is 1.27. The molecule has 0 spiro atoms. The highest BCUT2D eigenvalue weighted by Gasteiger charge is 2.58. The van der Waals surface area contributed by atoms with E-state index in [0.717, 1.165) is 11.3 Å². The van der Waals surface area contributed by atoms with Crippen molar-refractivity contribution in [2.75, 3.05) is 0 Å². The van der Waals surface area contributed by atoms with Crippen molar-refractivity contribution in [2.45, 2.75) is 23.7 Å². The molecule has 8 heteroatoms. The van der Waals surface area contributed by atoms with Crippen LogP contribution in [-0.4, -0.2) is 20.5 Å². The summed E-state index contributed by atoms with van der Waals surface area (Å²) in [4.78, 5) is 11.6. The van der Waals surface area contributed by atoms with Crippen molar-refractivity contribution in [1.82, 2.24) is 4.72 Å². The molecule has 0 saturated heterocycles. The van der Waals surface area contributed by atoms with Crippen LogP contribution in [0.5, 0.6) is 0 Å². The van der Waals surface area contributed by atoms with E-state index in [1.807, 2.05) is 4.72 Å². The maximum atomic E-state index is 12.9. The Labute approximate surface area is 110 Å². The molecule has 1 N–H and O–H groups in total. The van der Waals surface area contributed by atoms with Crippen LogP contribution in [0.1, 0.15) is 13.3 Å². The molecule has 1 aliphatic rings. The van der Waals surface area contributed by atoms with Gasteiger partial charge in [-0.25, -0.2) is 17.5 Å². The Hall–Kier alpha value is -0.470. The average molecular weight is 342 g/mol. The van der Waals surface area contributed by atoms with Crippen LogP contribution in [0.25, 0.3) is 0 Å². The third-order valence-electron chi connectivity index (χ3n) is 2.69. The first-order valence-corrected chi connectivity index (χ1v) is 7.87. The van der Waals surface area contributed by atoms with Crippen molar-refractivity contribution in [1.29, 1.82) is 0 Å². The van der Waals surface area contributed by atoms with Gasteiger partial charge in [0.1, 0.15) is 10.4 Å². The van der Waals surface area contributed by atoms with Gasteiger partial charge in [-0.1, -0.05) is 0 Å². The van der Waals surface area contributed by atoms with Crippen LogP contribution < -0.4 is 4.72 Å². The predicted octanol–water partition coefficient (Wildman–Crippen LogP) is 2.06. The summed E-state index contributed by atoms with van der Waals surface area (Å²) < 4.78 is 39.0. The molecular weight excluding hydrogens is 333 g/mol. The number of sulfonamides is 1. The highest BCUT2D eigenvalue weighted by molar-refractivity contribution is 9.10. The summed E-state index contributed by atoms with van der Waals surface area (Å²) in [6, 6.07) is 1.39. The van der Waals surface area contributed by atoms with Crippen molar-refractivity contribution in [3.63, 3.8) is 0 Å². The van der Waals surface area contributed by atoms with Gasteiger partial charge in [-0.05, 0) is 35.3 Å². The van der Waals surface area contributed by atoms with Gasteiger partial charge in [0.2, 0.25) is 5.91 Å². The molecule has 0 aromatic carbocycles. The van der Waals surface area contributed by atoms with E-state index in [9.17, 15) is 17.6 Å². The van der Waals surface area contributed by atoms with E-state index in [2.05, 4.69) is 15.9 Å². The summed E-state index contributed by atoms with van der Waals surface area (Å²) in [5, 5.41) is 1.59. The second-order valence-electron chi connectivity index (χ2n) is 4.11. The zero-order chi connectivity index (χ0) is 12.8. The van der Waals surface area contributed by atoms with Gasteiger partial charge in [-0.15, -0.1) is 11.3 Å². The summed E-state index contributed by atoms with van der Waals surface area (Å²) in [5.41, 5.74) is -1.19. The van der Waals surface area contributed by atoms with E-state index in [0.29, 0.717) is 4.47 Å². The van der Waals surface area contributed by atoms with E-state index >= 15 is 0 Å². The molecule has 0 bridgehead atoms. The summed E-state index contributed by atoms with van der Waals surface area (Å²) in [5.74, 6) is -0.783. The maximum absolute atomic E-state index is 12.9. The summed E-state index contributed by atoms with van der Waals surface area (Å²) in [7, 11) is -3.88. The van der Waals surface area contributed by atoms with E-state index in [1.54, 1.807) is 5.38 Å². The minimum Gasteiger partial charge on any atom is -0.273 e. The smallest absolute Gasteiger partial charge is 0.273 e. The number of hydrogen-bond donors (Lipinski definition) is 1.